The lowest BCUT2D eigenvalue weighted by Crippen LogP contribution is -2.26. The minimum absolute atomic E-state index is 0. The highest BCUT2D eigenvalue weighted by atomic mass is 35.5. The van der Waals surface area contributed by atoms with E-state index in [1.54, 1.807) is 0 Å². The number of hydrogen-bond donors (Lipinski definition) is 1. The largest absolute Gasteiger partial charge is 0.311 e. The number of nitriles is 1. The van der Waals surface area contributed by atoms with E-state index < -0.39 is 0 Å². The fourth-order valence-corrected chi connectivity index (χ4v) is 1.29. The predicted molar refractivity (Wildman–Crippen MR) is 75.9 cm³/mol. The van der Waals surface area contributed by atoms with Gasteiger partial charge in [0.1, 0.15) is 0 Å². The average molecular weight is 276 g/mol. The van der Waals surface area contributed by atoms with Crippen LogP contribution >= 0.6 is 24.8 Å². The van der Waals surface area contributed by atoms with Crippen LogP contribution in [-0.2, 0) is 6.54 Å². The van der Waals surface area contributed by atoms with Crippen molar-refractivity contribution in [1.29, 1.82) is 5.26 Å². The Labute approximate surface area is 116 Å². The molecule has 0 bridgehead atoms. The molecule has 5 heteroatoms. The molecule has 0 amide bonds. The molecule has 0 fully saturated rings. The van der Waals surface area contributed by atoms with Crippen molar-refractivity contribution in [2.75, 3.05) is 27.2 Å². The Balaban J connectivity index is 0. The summed E-state index contributed by atoms with van der Waals surface area (Å²) in [5.74, 6) is 0. The van der Waals surface area contributed by atoms with Gasteiger partial charge in [0.25, 0.3) is 0 Å². The maximum atomic E-state index is 8.73. The minimum atomic E-state index is 0. The SMILES string of the molecule is CN(C)CCNCc1cccc(C#N)c1.Cl.Cl. The fourth-order valence-electron chi connectivity index (χ4n) is 1.29. The minimum Gasteiger partial charge on any atom is -0.311 e. The second-order valence-electron chi connectivity index (χ2n) is 3.79. The summed E-state index contributed by atoms with van der Waals surface area (Å²) in [5.41, 5.74) is 1.88. The van der Waals surface area contributed by atoms with E-state index in [0.717, 1.165) is 30.8 Å². The van der Waals surface area contributed by atoms with Crippen molar-refractivity contribution in [1.82, 2.24) is 10.2 Å². The molecule has 0 saturated heterocycles. The molecule has 3 nitrogen and oxygen atoms in total. The molecule has 0 aromatic heterocycles. The van der Waals surface area contributed by atoms with Gasteiger partial charge in [-0.1, -0.05) is 12.1 Å². The lowest BCUT2D eigenvalue weighted by atomic mass is 10.1. The Morgan fingerprint density at radius 3 is 2.59 bits per heavy atom. The first-order valence-corrected chi connectivity index (χ1v) is 5.07. The zero-order valence-corrected chi connectivity index (χ0v) is 11.8. The third kappa shape index (κ3) is 8.00. The number of rotatable bonds is 5. The standard InChI is InChI=1S/C12H17N3.2ClH/c1-15(2)7-6-14-10-12-5-3-4-11(8-12)9-13;;/h3-5,8,14H,6-7,10H2,1-2H3;2*1H. The van der Waals surface area contributed by atoms with Gasteiger partial charge in [-0.15, -0.1) is 24.8 Å². The second-order valence-corrected chi connectivity index (χ2v) is 3.79. The number of hydrogen-bond acceptors (Lipinski definition) is 3. The third-order valence-corrected chi connectivity index (χ3v) is 2.12. The molecule has 17 heavy (non-hydrogen) atoms. The van der Waals surface area contributed by atoms with Crippen LogP contribution in [0.5, 0.6) is 0 Å². The summed E-state index contributed by atoms with van der Waals surface area (Å²) >= 11 is 0. The zero-order valence-electron chi connectivity index (χ0n) is 10.1. The van der Waals surface area contributed by atoms with Crippen LogP contribution in [0.4, 0.5) is 0 Å². The quantitative estimate of drug-likeness (QED) is 0.837. The predicted octanol–water partition coefficient (Wildman–Crippen LogP) is 2.05. The van der Waals surface area contributed by atoms with Crippen molar-refractivity contribution < 1.29 is 0 Å². The highest BCUT2D eigenvalue weighted by Crippen LogP contribution is 2.03. The van der Waals surface area contributed by atoms with Gasteiger partial charge in [-0.05, 0) is 31.8 Å². The summed E-state index contributed by atoms with van der Waals surface area (Å²) in [5, 5.41) is 12.1. The van der Waals surface area contributed by atoms with Crippen molar-refractivity contribution >= 4 is 24.8 Å². The maximum absolute atomic E-state index is 8.73. The monoisotopic (exact) mass is 275 g/mol. The van der Waals surface area contributed by atoms with Crippen molar-refractivity contribution in [2.45, 2.75) is 6.54 Å². The van der Waals surface area contributed by atoms with Crippen LogP contribution in [0.25, 0.3) is 0 Å². The fraction of sp³-hybridized carbons (Fsp3) is 0.417. The van der Waals surface area contributed by atoms with Crippen molar-refractivity contribution in [3.05, 3.63) is 35.4 Å². The van der Waals surface area contributed by atoms with Crippen molar-refractivity contribution in [3.63, 3.8) is 0 Å². The van der Waals surface area contributed by atoms with Gasteiger partial charge in [0.05, 0.1) is 11.6 Å². The number of benzene rings is 1. The smallest absolute Gasteiger partial charge is 0.0991 e. The molecule has 0 aliphatic rings. The van der Waals surface area contributed by atoms with E-state index in [-0.39, 0.29) is 24.8 Å². The Hall–Kier alpha value is -0.790. The van der Waals surface area contributed by atoms with Crippen LogP contribution < -0.4 is 5.32 Å². The van der Waals surface area contributed by atoms with Gasteiger partial charge in [0.15, 0.2) is 0 Å². The second kappa shape index (κ2) is 10.4. The van der Waals surface area contributed by atoms with Gasteiger partial charge in [0.2, 0.25) is 0 Å². The molecule has 0 saturated carbocycles. The highest BCUT2D eigenvalue weighted by Gasteiger charge is 1.95. The molecular formula is C12H19Cl2N3. The Bertz CT molecular complexity index is 348. The van der Waals surface area contributed by atoms with Gasteiger partial charge < -0.3 is 10.2 Å². The Kier molecular flexibility index (Phi) is 11.3. The van der Waals surface area contributed by atoms with E-state index in [1.165, 1.54) is 0 Å². The summed E-state index contributed by atoms with van der Waals surface area (Å²) in [6.45, 7) is 2.81. The first kappa shape index (κ1) is 18.6. The van der Waals surface area contributed by atoms with E-state index in [2.05, 4.69) is 30.4 Å². The molecule has 0 unspecified atom stereocenters. The summed E-state index contributed by atoms with van der Waals surface area (Å²) in [4.78, 5) is 2.14. The van der Waals surface area contributed by atoms with E-state index in [4.69, 9.17) is 5.26 Å². The third-order valence-electron chi connectivity index (χ3n) is 2.12. The lowest BCUT2D eigenvalue weighted by Gasteiger charge is -2.10. The van der Waals surface area contributed by atoms with E-state index >= 15 is 0 Å². The molecule has 0 atom stereocenters. The zero-order chi connectivity index (χ0) is 11.1. The summed E-state index contributed by atoms with van der Waals surface area (Å²) in [7, 11) is 4.11. The maximum Gasteiger partial charge on any atom is 0.0991 e. The molecule has 1 rings (SSSR count). The molecule has 96 valence electrons. The molecule has 1 N–H and O–H groups in total. The molecule has 0 aliphatic heterocycles. The summed E-state index contributed by atoms with van der Waals surface area (Å²) in [6, 6.07) is 9.83. The van der Waals surface area contributed by atoms with Gasteiger partial charge in [-0.2, -0.15) is 5.26 Å². The normalized spacial score (nSPS) is 9.06. The first-order chi connectivity index (χ1) is 7.22. The van der Waals surface area contributed by atoms with Crippen LogP contribution in [-0.4, -0.2) is 32.1 Å². The summed E-state index contributed by atoms with van der Waals surface area (Å²) in [6.07, 6.45) is 0. The first-order valence-electron chi connectivity index (χ1n) is 5.07. The molecule has 0 spiro atoms. The van der Waals surface area contributed by atoms with E-state index in [0.29, 0.717) is 0 Å². The highest BCUT2D eigenvalue weighted by molar-refractivity contribution is 5.85. The average Bonchev–Trinajstić information content (AvgIpc) is 2.24. The number of nitrogens with zero attached hydrogens (tertiary/aromatic N) is 2. The Morgan fingerprint density at radius 2 is 2.00 bits per heavy atom. The van der Waals surface area contributed by atoms with E-state index in [1.807, 2.05) is 24.3 Å². The van der Waals surface area contributed by atoms with Gasteiger partial charge in [-0.3, -0.25) is 0 Å². The number of likely N-dealkylation sites (N-methyl/N-ethyl adjacent to an activating group) is 1. The van der Waals surface area contributed by atoms with Crippen LogP contribution in [0, 0.1) is 11.3 Å². The van der Waals surface area contributed by atoms with Gasteiger partial charge in [-0.25, -0.2) is 0 Å². The number of halogens is 2. The van der Waals surface area contributed by atoms with Crippen molar-refractivity contribution in [3.8, 4) is 6.07 Å². The van der Waals surface area contributed by atoms with Gasteiger partial charge in [0, 0.05) is 19.6 Å². The van der Waals surface area contributed by atoms with Crippen LogP contribution in [0.1, 0.15) is 11.1 Å². The Morgan fingerprint density at radius 1 is 1.29 bits per heavy atom. The molecular weight excluding hydrogens is 257 g/mol. The molecule has 1 aromatic carbocycles. The van der Waals surface area contributed by atoms with Gasteiger partial charge >= 0.3 is 0 Å². The molecule has 0 radical (unpaired) electrons. The topological polar surface area (TPSA) is 39.1 Å². The summed E-state index contributed by atoms with van der Waals surface area (Å²) < 4.78 is 0. The van der Waals surface area contributed by atoms with Crippen LogP contribution in [0.15, 0.2) is 24.3 Å². The van der Waals surface area contributed by atoms with Crippen LogP contribution in [0.3, 0.4) is 0 Å². The van der Waals surface area contributed by atoms with Crippen LogP contribution in [0.2, 0.25) is 0 Å². The number of nitrogens with one attached hydrogen (secondary N) is 1. The molecule has 0 heterocycles. The van der Waals surface area contributed by atoms with Crippen molar-refractivity contribution in [2.24, 2.45) is 0 Å². The molecule has 0 aliphatic carbocycles. The molecule has 1 aromatic rings. The van der Waals surface area contributed by atoms with E-state index in [9.17, 15) is 0 Å². The lowest BCUT2D eigenvalue weighted by molar-refractivity contribution is 0.400.